The van der Waals surface area contributed by atoms with Crippen molar-refractivity contribution in [3.63, 3.8) is 0 Å². The van der Waals surface area contributed by atoms with E-state index in [2.05, 4.69) is 16.0 Å². The first kappa shape index (κ1) is 26.9. The average Bonchev–Trinajstić information content (AvgIpc) is 2.93. The van der Waals surface area contributed by atoms with Crippen LogP contribution >= 0.6 is 0 Å². The number of halogens is 1. The summed E-state index contributed by atoms with van der Waals surface area (Å²) in [6, 6.07) is 10.4. The number of rotatable bonds is 7. The number of hydrogen-bond donors (Lipinski definition) is 0. The van der Waals surface area contributed by atoms with Gasteiger partial charge in [-0.05, 0) is 68.0 Å². The first-order chi connectivity index (χ1) is 18.8. The Morgan fingerprint density at radius 1 is 1.15 bits per heavy atom. The summed E-state index contributed by atoms with van der Waals surface area (Å²) in [5.74, 6) is -0.682. The lowest BCUT2D eigenvalue weighted by atomic mass is 9.85. The molecule has 2 aromatic heterocycles. The Hall–Kier alpha value is -3.68. The van der Waals surface area contributed by atoms with E-state index in [-0.39, 0.29) is 29.1 Å². The molecule has 10 heteroatoms. The highest BCUT2D eigenvalue weighted by Gasteiger charge is 2.45. The second-order valence-corrected chi connectivity index (χ2v) is 12.1. The maximum Gasteiger partial charge on any atom is 0.245 e. The molecule has 1 atom stereocenters. The Bertz CT molecular complexity index is 1500. The van der Waals surface area contributed by atoms with Crippen LogP contribution in [0, 0.1) is 24.1 Å². The summed E-state index contributed by atoms with van der Waals surface area (Å²) in [6.45, 7) is 1.69. The second-order valence-electron chi connectivity index (χ2n) is 10.2. The van der Waals surface area contributed by atoms with Gasteiger partial charge >= 0.3 is 0 Å². The molecular weight excluding hydrogens is 517 g/mol. The zero-order chi connectivity index (χ0) is 27.6. The van der Waals surface area contributed by atoms with Crippen LogP contribution in [0.5, 0.6) is 0 Å². The molecule has 3 heterocycles. The fourth-order valence-electron chi connectivity index (χ4n) is 5.31. The molecule has 0 unspecified atom stereocenters. The van der Waals surface area contributed by atoms with Gasteiger partial charge in [0.25, 0.3) is 0 Å². The molecule has 0 spiro atoms. The van der Waals surface area contributed by atoms with E-state index < -0.39 is 27.8 Å². The summed E-state index contributed by atoms with van der Waals surface area (Å²) in [6.07, 6.45) is 11.4. The monoisotopic (exact) mass is 547 g/mol. The lowest BCUT2D eigenvalue weighted by molar-refractivity contribution is -0.125. The molecule has 1 aliphatic heterocycles. The Morgan fingerprint density at radius 3 is 2.56 bits per heavy atom. The number of nitrogens with zero attached hydrogens (tertiary/aromatic N) is 5. The number of hydrogen-bond acceptors (Lipinski definition) is 6. The molecule has 202 valence electrons. The number of anilines is 1. The SMILES string of the molecule is Cc1c(F)cc(S(=O)(=O)N2CC[C@@H]2C(=O)N(Cc2ccc(C3CCCCC3)cn2)c2cccnc2)cc1C#N. The summed E-state index contributed by atoms with van der Waals surface area (Å²) in [7, 11) is -4.21. The van der Waals surface area contributed by atoms with E-state index in [0.29, 0.717) is 23.7 Å². The van der Waals surface area contributed by atoms with Crippen molar-refractivity contribution in [1.82, 2.24) is 14.3 Å². The van der Waals surface area contributed by atoms with E-state index in [1.54, 1.807) is 24.5 Å². The van der Waals surface area contributed by atoms with Gasteiger partial charge in [0.15, 0.2) is 0 Å². The minimum absolute atomic E-state index is 0.0586. The van der Waals surface area contributed by atoms with Gasteiger partial charge in [-0.1, -0.05) is 25.3 Å². The maximum absolute atomic E-state index is 14.4. The van der Waals surface area contributed by atoms with Gasteiger partial charge < -0.3 is 4.90 Å². The molecule has 1 aliphatic carbocycles. The van der Waals surface area contributed by atoms with Gasteiger partial charge in [-0.3, -0.25) is 14.8 Å². The van der Waals surface area contributed by atoms with Gasteiger partial charge in [-0.25, -0.2) is 12.8 Å². The molecular formula is C29H30FN5O3S. The van der Waals surface area contributed by atoms with Crippen molar-refractivity contribution in [2.45, 2.75) is 68.8 Å². The summed E-state index contributed by atoms with van der Waals surface area (Å²) in [5.41, 5.74) is 2.43. The Balaban J connectivity index is 1.40. The Labute approximate surface area is 228 Å². The van der Waals surface area contributed by atoms with Gasteiger partial charge in [0.2, 0.25) is 15.9 Å². The predicted octanol–water partition coefficient (Wildman–Crippen LogP) is 4.84. The lowest BCUT2D eigenvalue weighted by Gasteiger charge is -2.40. The van der Waals surface area contributed by atoms with Crippen LogP contribution in [-0.4, -0.2) is 41.2 Å². The highest BCUT2D eigenvalue weighted by molar-refractivity contribution is 7.89. The smallest absolute Gasteiger partial charge is 0.245 e. The van der Waals surface area contributed by atoms with Crippen LogP contribution in [-0.2, 0) is 21.4 Å². The van der Waals surface area contributed by atoms with Crippen molar-refractivity contribution in [2.24, 2.45) is 0 Å². The number of carbonyl (C=O) groups is 1. The molecule has 1 aromatic carbocycles. The molecule has 1 amide bonds. The number of pyridine rings is 2. The molecule has 3 aromatic rings. The normalized spacial score (nSPS) is 18.2. The van der Waals surface area contributed by atoms with Crippen molar-refractivity contribution in [3.8, 4) is 6.07 Å². The van der Waals surface area contributed by atoms with Crippen LogP contribution in [0.4, 0.5) is 10.1 Å². The number of nitriles is 1. The molecule has 5 rings (SSSR count). The third-order valence-electron chi connectivity index (χ3n) is 7.77. The first-order valence-electron chi connectivity index (χ1n) is 13.2. The van der Waals surface area contributed by atoms with Crippen molar-refractivity contribution in [2.75, 3.05) is 11.4 Å². The van der Waals surface area contributed by atoms with Gasteiger partial charge in [-0.15, -0.1) is 0 Å². The maximum atomic E-state index is 14.4. The Kier molecular flexibility index (Phi) is 7.73. The van der Waals surface area contributed by atoms with Gasteiger partial charge in [0, 0.05) is 24.5 Å². The molecule has 8 nitrogen and oxygen atoms in total. The average molecular weight is 548 g/mol. The second kappa shape index (κ2) is 11.2. The molecule has 2 aliphatic rings. The van der Waals surface area contributed by atoms with Crippen LogP contribution in [0.3, 0.4) is 0 Å². The third-order valence-corrected chi connectivity index (χ3v) is 9.65. The fraction of sp³-hybridized carbons (Fsp3) is 0.379. The molecule has 0 N–H and O–H groups in total. The Morgan fingerprint density at radius 2 is 1.95 bits per heavy atom. The minimum atomic E-state index is -4.21. The predicted molar refractivity (Wildman–Crippen MR) is 144 cm³/mol. The van der Waals surface area contributed by atoms with E-state index in [4.69, 9.17) is 0 Å². The van der Waals surface area contributed by atoms with Crippen LogP contribution < -0.4 is 4.90 Å². The summed E-state index contributed by atoms with van der Waals surface area (Å²) in [4.78, 5) is 23.8. The zero-order valence-electron chi connectivity index (χ0n) is 21.8. The number of benzene rings is 1. The van der Waals surface area contributed by atoms with E-state index >= 15 is 0 Å². The molecule has 39 heavy (non-hydrogen) atoms. The van der Waals surface area contributed by atoms with Crippen LogP contribution in [0.1, 0.15) is 66.8 Å². The minimum Gasteiger partial charge on any atom is -0.303 e. The first-order valence-corrected chi connectivity index (χ1v) is 14.6. The largest absolute Gasteiger partial charge is 0.303 e. The molecule has 0 bridgehead atoms. The van der Waals surface area contributed by atoms with E-state index in [1.807, 2.05) is 18.3 Å². The number of sulfonamides is 1. The number of carbonyl (C=O) groups excluding carboxylic acids is 1. The van der Waals surface area contributed by atoms with Crippen LogP contribution in [0.15, 0.2) is 59.9 Å². The lowest BCUT2D eigenvalue weighted by Crippen LogP contribution is -2.59. The van der Waals surface area contributed by atoms with Crippen molar-refractivity contribution >= 4 is 21.6 Å². The molecule has 2 fully saturated rings. The molecule has 1 saturated heterocycles. The van der Waals surface area contributed by atoms with Crippen LogP contribution in [0.2, 0.25) is 0 Å². The van der Waals surface area contributed by atoms with Gasteiger partial charge in [0.1, 0.15) is 11.9 Å². The zero-order valence-corrected chi connectivity index (χ0v) is 22.6. The highest BCUT2D eigenvalue weighted by atomic mass is 32.2. The van der Waals surface area contributed by atoms with Gasteiger partial charge in [-0.2, -0.15) is 9.57 Å². The van der Waals surface area contributed by atoms with Crippen molar-refractivity contribution in [3.05, 3.63) is 83.2 Å². The number of aromatic nitrogens is 2. The number of amides is 1. The third kappa shape index (κ3) is 5.42. The van der Waals surface area contributed by atoms with E-state index in [1.165, 1.54) is 36.6 Å². The standard InChI is InChI=1S/C29H30FN5O3S/c1-20-23(16-31)14-26(15-27(20)30)39(37,38)35-13-11-28(35)29(36)34(25-8-5-12-32-18-25)19-24-10-9-22(17-33-24)21-6-3-2-4-7-21/h5,8-10,12,14-15,17-18,21,28H,2-4,6-7,11,13,19H2,1H3/t28-/m1/s1. The summed E-state index contributed by atoms with van der Waals surface area (Å²) in [5, 5.41) is 9.32. The summed E-state index contributed by atoms with van der Waals surface area (Å²) < 4.78 is 42.3. The quantitative estimate of drug-likeness (QED) is 0.419. The topological polar surface area (TPSA) is 107 Å². The molecule has 1 saturated carbocycles. The van der Waals surface area contributed by atoms with Crippen molar-refractivity contribution < 1.29 is 17.6 Å². The van der Waals surface area contributed by atoms with E-state index in [0.717, 1.165) is 29.3 Å². The highest BCUT2D eigenvalue weighted by Crippen LogP contribution is 2.33. The van der Waals surface area contributed by atoms with Crippen LogP contribution in [0.25, 0.3) is 0 Å². The van der Waals surface area contributed by atoms with Gasteiger partial charge in [0.05, 0.1) is 40.7 Å². The van der Waals surface area contributed by atoms with Crippen molar-refractivity contribution in [1.29, 1.82) is 5.26 Å². The van der Waals surface area contributed by atoms with E-state index in [9.17, 15) is 22.9 Å². The molecule has 0 radical (unpaired) electrons. The fourth-order valence-corrected chi connectivity index (χ4v) is 6.98. The summed E-state index contributed by atoms with van der Waals surface area (Å²) >= 11 is 0.